The normalized spacial score (nSPS) is 11.9. The van der Waals surface area contributed by atoms with Gasteiger partial charge in [-0.25, -0.2) is 0 Å². The Balaban J connectivity index is 2.52. The van der Waals surface area contributed by atoms with Crippen LogP contribution in [0.5, 0.6) is 0 Å². The minimum absolute atomic E-state index is 0.0494. The highest BCUT2D eigenvalue weighted by Crippen LogP contribution is 2.20. The summed E-state index contributed by atoms with van der Waals surface area (Å²) in [6.45, 7) is 7.39. The Morgan fingerprint density at radius 3 is 2.53 bits per heavy atom. The van der Waals surface area contributed by atoms with Gasteiger partial charge in [0.05, 0.1) is 0 Å². The number of benzene rings is 1. The second-order valence-corrected chi connectivity index (χ2v) is 5.89. The summed E-state index contributed by atoms with van der Waals surface area (Å²) in [6, 6.07) is 9.91. The van der Waals surface area contributed by atoms with E-state index in [1.807, 2.05) is 37.3 Å². The third-order valence-corrected chi connectivity index (χ3v) is 3.76. The van der Waals surface area contributed by atoms with Crippen molar-refractivity contribution >= 4 is 34.0 Å². The molecule has 1 nitrogen and oxygen atoms in total. The van der Waals surface area contributed by atoms with Crippen LogP contribution in [0.3, 0.4) is 0 Å². The standard InChI is InChI=1S/C14H16OS2/c1-10(2)14(15)17-11(3)9-13(16)12-7-5-4-6-8-12/h4-8,11H,1,9H2,2-3H3. The highest BCUT2D eigenvalue weighted by molar-refractivity contribution is 8.14. The lowest BCUT2D eigenvalue weighted by Crippen LogP contribution is -2.09. The molecule has 90 valence electrons. The summed E-state index contributed by atoms with van der Waals surface area (Å²) >= 11 is 6.67. The molecule has 0 N–H and O–H groups in total. The van der Waals surface area contributed by atoms with E-state index in [0.717, 1.165) is 16.8 Å². The molecule has 0 fully saturated rings. The van der Waals surface area contributed by atoms with Gasteiger partial charge in [0.15, 0.2) is 0 Å². The molecule has 0 saturated heterocycles. The van der Waals surface area contributed by atoms with Crippen LogP contribution in [0.4, 0.5) is 0 Å². The van der Waals surface area contributed by atoms with E-state index in [2.05, 4.69) is 6.58 Å². The first-order chi connectivity index (χ1) is 8.00. The summed E-state index contributed by atoms with van der Waals surface area (Å²) in [7, 11) is 0. The summed E-state index contributed by atoms with van der Waals surface area (Å²) in [5.74, 6) is 0. The number of hydrogen-bond donors (Lipinski definition) is 0. The van der Waals surface area contributed by atoms with Crippen LogP contribution in [0, 0.1) is 0 Å². The van der Waals surface area contributed by atoms with Crippen LogP contribution < -0.4 is 0 Å². The fraction of sp³-hybridized carbons (Fsp3) is 0.286. The number of carbonyl (C=O) groups is 1. The Labute approximate surface area is 112 Å². The zero-order chi connectivity index (χ0) is 12.8. The SMILES string of the molecule is C=C(C)C(=O)SC(C)CC(=S)c1ccccc1. The highest BCUT2D eigenvalue weighted by atomic mass is 32.2. The van der Waals surface area contributed by atoms with E-state index < -0.39 is 0 Å². The van der Waals surface area contributed by atoms with Crippen molar-refractivity contribution in [3.63, 3.8) is 0 Å². The van der Waals surface area contributed by atoms with E-state index in [0.29, 0.717) is 5.57 Å². The molecule has 1 aromatic rings. The maximum atomic E-state index is 11.5. The van der Waals surface area contributed by atoms with E-state index in [-0.39, 0.29) is 10.4 Å². The van der Waals surface area contributed by atoms with Gasteiger partial charge in [-0.1, -0.05) is 67.8 Å². The van der Waals surface area contributed by atoms with Crippen molar-refractivity contribution < 1.29 is 4.79 Å². The molecular weight excluding hydrogens is 248 g/mol. The smallest absolute Gasteiger partial charge is 0.214 e. The van der Waals surface area contributed by atoms with Gasteiger partial charge < -0.3 is 0 Å². The number of hydrogen-bond acceptors (Lipinski definition) is 3. The topological polar surface area (TPSA) is 17.1 Å². The van der Waals surface area contributed by atoms with Crippen molar-refractivity contribution in [3.05, 3.63) is 48.0 Å². The molecule has 0 amide bonds. The zero-order valence-electron chi connectivity index (χ0n) is 10.1. The Morgan fingerprint density at radius 1 is 1.41 bits per heavy atom. The summed E-state index contributed by atoms with van der Waals surface area (Å²) < 4.78 is 0. The average Bonchev–Trinajstić information content (AvgIpc) is 2.29. The van der Waals surface area contributed by atoms with Crippen molar-refractivity contribution in [2.24, 2.45) is 0 Å². The van der Waals surface area contributed by atoms with E-state index in [1.165, 1.54) is 11.8 Å². The van der Waals surface area contributed by atoms with Crippen molar-refractivity contribution in [2.75, 3.05) is 0 Å². The van der Waals surface area contributed by atoms with Gasteiger partial charge >= 0.3 is 0 Å². The van der Waals surface area contributed by atoms with E-state index >= 15 is 0 Å². The minimum atomic E-state index is 0.0494. The highest BCUT2D eigenvalue weighted by Gasteiger charge is 2.13. The lowest BCUT2D eigenvalue weighted by Gasteiger charge is -2.11. The second kappa shape index (κ2) is 6.72. The van der Waals surface area contributed by atoms with Crippen LogP contribution in [-0.4, -0.2) is 15.2 Å². The van der Waals surface area contributed by atoms with Gasteiger partial charge in [-0.15, -0.1) is 0 Å². The molecule has 1 unspecified atom stereocenters. The number of thiocarbonyl (C=S) groups is 1. The molecule has 17 heavy (non-hydrogen) atoms. The minimum Gasteiger partial charge on any atom is -0.282 e. The molecule has 0 radical (unpaired) electrons. The van der Waals surface area contributed by atoms with Crippen molar-refractivity contribution in [2.45, 2.75) is 25.5 Å². The third-order valence-electron chi connectivity index (χ3n) is 2.23. The maximum absolute atomic E-state index is 11.5. The predicted octanol–water partition coefficient (Wildman–Crippen LogP) is 4.02. The van der Waals surface area contributed by atoms with Crippen LogP contribution in [0.2, 0.25) is 0 Å². The summed E-state index contributed by atoms with van der Waals surface area (Å²) in [4.78, 5) is 12.4. The lowest BCUT2D eigenvalue weighted by molar-refractivity contribution is -0.107. The Kier molecular flexibility index (Phi) is 5.59. The largest absolute Gasteiger partial charge is 0.282 e. The molecule has 1 atom stereocenters. The van der Waals surface area contributed by atoms with E-state index in [4.69, 9.17) is 12.2 Å². The van der Waals surface area contributed by atoms with Gasteiger partial charge in [-0.3, -0.25) is 4.79 Å². The van der Waals surface area contributed by atoms with E-state index in [9.17, 15) is 4.79 Å². The first kappa shape index (κ1) is 14.1. The molecule has 0 spiro atoms. The third kappa shape index (κ3) is 4.84. The summed E-state index contributed by atoms with van der Waals surface area (Å²) in [5.41, 5.74) is 1.66. The molecule has 3 heteroatoms. The van der Waals surface area contributed by atoms with E-state index in [1.54, 1.807) is 6.92 Å². The van der Waals surface area contributed by atoms with Crippen LogP contribution in [0.25, 0.3) is 0 Å². The Bertz CT molecular complexity index is 423. The molecule has 0 bridgehead atoms. The summed E-state index contributed by atoms with van der Waals surface area (Å²) in [6.07, 6.45) is 0.739. The number of thioether (sulfide) groups is 1. The van der Waals surface area contributed by atoms with Crippen molar-refractivity contribution in [1.82, 2.24) is 0 Å². The molecular formula is C14H16OS2. The fourth-order valence-electron chi connectivity index (χ4n) is 1.33. The van der Waals surface area contributed by atoms with Gasteiger partial charge in [0.1, 0.15) is 0 Å². The lowest BCUT2D eigenvalue weighted by atomic mass is 10.1. The second-order valence-electron chi connectivity index (χ2n) is 3.99. The first-order valence-corrected chi connectivity index (χ1v) is 6.74. The molecule has 0 aliphatic rings. The molecule has 0 heterocycles. The number of rotatable bonds is 5. The van der Waals surface area contributed by atoms with Crippen LogP contribution in [0.15, 0.2) is 42.5 Å². The molecule has 1 aromatic carbocycles. The maximum Gasteiger partial charge on any atom is 0.214 e. The van der Waals surface area contributed by atoms with Crippen molar-refractivity contribution in [3.8, 4) is 0 Å². The fourth-order valence-corrected chi connectivity index (χ4v) is 2.64. The van der Waals surface area contributed by atoms with Gasteiger partial charge in [-0.2, -0.15) is 0 Å². The average molecular weight is 264 g/mol. The molecule has 0 aliphatic carbocycles. The molecule has 0 aromatic heterocycles. The molecule has 1 rings (SSSR count). The molecule has 0 saturated carbocycles. The summed E-state index contributed by atoms with van der Waals surface area (Å²) in [5, 5.41) is 0.236. The van der Waals surface area contributed by atoms with Gasteiger partial charge in [0.2, 0.25) is 5.12 Å². The van der Waals surface area contributed by atoms with Crippen LogP contribution in [-0.2, 0) is 4.79 Å². The van der Waals surface area contributed by atoms with Crippen LogP contribution >= 0.6 is 24.0 Å². The number of carbonyl (C=O) groups excluding carboxylic acids is 1. The quantitative estimate of drug-likeness (QED) is 0.454. The Hall–Kier alpha value is -0.930. The van der Waals surface area contributed by atoms with Gasteiger partial charge in [0, 0.05) is 10.1 Å². The van der Waals surface area contributed by atoms with Gasteiger partial charge in [-0.05, 0) is 24.5 Å². The first-order valence-electron chi connectivity index (χ1n) is 5.45. The monoisotopic (exact) mass is 264 g/mol. The zero-order valence-corrected chi connectivity index (χ0v) is 11.7. The molecule has 0 aliphatic heterocycles. The Morgan fingerprint density at radius 2 is 2.00 bits per heavy atom. The van der Waals surface area contributed by atoms with Crippen molar-refractivity contribution in [1.29, 1.82) is 0 Å². The predicted molar refractivity (Wildman–Crippen MR) is 79.6 cm³/mol. The van der Waals surface area contributed by atoms with Crippen LogP contribution in [0.1, 0.15) is 25.8 Å². The van der Waals surface area contributed by atoms with Gasteiger partial charge in [0.25, 0.3) is 0 Å².